The van der Waals surface area contributed by atoms with Crippen LogP contribution in [-0.4, -0.2) is 67.6 Å². The van der Waals surface area contributed by atoms with Crippen LogP contribution < -0.4 is 10.2 Å². The highest BCUT2D eigenvalue weighted by atomic mass is 127. The molecular weight excluding hydrogens is 494 g/mol. The lowest BCUT2D eigenvalue weighted by atomic mass is 10.2. The largest absolute Gasteiger partial charge is 0.357 e. The second-order valence-electron chi connectivity index (χ2n) is 7.43. The van der Waals surface area contributed by atoms with E-state index >= 15 is 0 Å². The van der Waals surface area contributed by atoms with Crippen molar-refractivity contribution in [3.8, 4) is 0 Å². The van der Waals surface area contributed by atoms with Crippen LogP contribution >= 0.6 is 24.0 Å². The van der Waals surface area contributed by atoms with Crippen molar-refractivity contribution < 1.29 is 4.39 Å². The SMILES string of the molecule is CCNC(=NCc1cccnc1N1CCN(C)CC1)N(C)Cc1ccc(F)cc1.I. The van der Waals surface area contributed by atoms with Crippen LogP contribution in [0.1, 0.15) is 18.1 Å². The van der Waals surface area contributed by atoms with E-state index in [1.165, 1.54) is 12.1 Å². The summed E-state index contributed by atoms with van der Waals surface area (Å²) in [5.74, 6) is 1.64. The minimum atomic E-state index is -0.218. The molecule has 0 aliphatic carbocycles. The van der Waals surface area contributed by atoms with Gasteiger partial charge in [0, 0.05) is 58.1 Å². The molecule has 0 spiro atoms. The molecule has 0 amide bonds. The number of guanidine groups is 1. The Kier molecular flexibility index (Phi) is 9.77. The first-order valence-electron chi connectivity index (χ1n) is 10.2. The van der Waals surface area contributed by atoms with Crippen LogP contribution in [0.3, 0.4) is 0 Å². The van der Waals surface area contributed by atoms with Gasteiger partial charge >= 0.3 is 0 Å². The highest BCUT2D eigenvalue weighted by molar-refractivity contribution is 14.0. The quantitative estimate of drug-likeness (QED) is 0.356. The van der Waals surface area contributed by atoms with Gasteiger partial charge in [-0.05, 0) is 37.7 Å². The van der Waals surface area contributed by atoms with Gasteiger partial charge in [0.05, 0.1) is 6.54 Å². The maximum Gasteiger partial charge on any atom is 0.194 e. The number of hydrogen-bond donors (Lipinski definition) is 1. The first-order chi connectivity index (χ1) is 14.1. The van der Waals surface area contributed by atoms with Gasteiger partial charge in [-0.3, -0.25) is 0 Å². The van der Waals surface area contributed by atoms with Crippen LogP contribution in [0.25, 0.3) is 0 Å². The number of halogens is 2. The molecule has 0 bridgehead atoms. The number of anilines is 1. The average Bonchev–Trinajstić information content (AvgIpc) is 2.73. The maximum atomic E-state index is 13.2. The first-order valence-corrected chi connectivity index (χ1v) is 10.2. The number of pyridine rings is 1. The minimum absolute atomic E-state index is 0. The van der Waals surface area contributed by atoms with Crippen molar-refractivity contribution in [1.29, 1.82) is 0 Å². The van der Waals surface area contributed by atoms with Gasteiger partial charge in [-0.15, -0.1) is 24.0 Å². The third-order valence-electron chi connectivity index (χ3n) is 5.10. The van der Waals surface area contributed by atoms with E-state index in [0.29, 0.717) is 13.1 Å². The third-order valence-corrected chi connectivity index (χ3v) is 5.10. The topological polar surface area (TPSA) is 47.0 Å². The Hall–Kier alpha value is -1.94. The molecule has 2 heterocycles. The molecular formula is C22H32FIN6. The van der Waals surface area contributed by atoms with Gasteiger partial charge in [0.1, 0.15) is 11.6 Å². The summed E-state index contributed by atoms with van der Waals surface area (Å²) in [6.07, 6.45) is 1.85. The average molecular weight is 526 g/mol. The molecule has 1 aromatic heterocycles. The number of likely N-dealkylation sites (N-methyl/N-ethyl adjacent to an activating group) is 1. The van der Waals surface area contributed by atoms with Crippen LogP contribution in [0.15, 0.2) is 47.6 Å². The molecule has 1 aliphatic rings. The number of nitrogens with one attached hydrogen (secondary N) is 1. The number of nitrogens with zero attached hydrogens (tertiary/aromatic N) is 5. The summed E-state index contributed by atoms with van der Waals surface area (Å²) in [5, 5.41) is 3.35. The van der Waals surface area contributed by atoms with Crippen LogP contribution in [-0.2, 0) is 13.1 Å². The van der Waals surface area contributed by atoms with Crippen molar-refractivity contribution in [3.05, 3.63) is 59.5 Å². The van der Waals surface area contributed by atoms with E-state index in [-0.39, 0.29) is 29.8 Å². The fourth-order valence-corrected chi connectivity index (χ4v) is 3.42. The van der Waals surface area contributed by atoms with Gasteiger partial charge in [0.25, 0.3) is 0 Å². The molecule has 6 nitrogen and oxygen atoms in total. The normalized spacial score (nSPS) is 14.9. The number of rotatable bonds is 6. The summed E-state index contributed by atoms with van der Waals surface area (Å²) in [6.45, 7) is 8.11. The molecule has 164 valence electrons. The zero-order valence-electron chi connectivity index (χ0n) is 18.0. The van der Waals surface area contributed by atoms with Crippen LogP contribution in [0.2, 0.25) is 0 Å². The molecule has 1 aromatic carbocycles. The first kappa shape index (κ1) is 24.3. The summed E-state index contributed by atoms with van der Waals surface area (Å²) in [7, 11) is 4.15. The molecule has 1 N–H and O–H groups in total. The van der Waals surface area contributed by atoms with Gasteiger partial charge in [0.15, 0.2) is 5.96 Å². The molecule has 1 aliphatic heterocycles. The number of piperazine rings is 1. The van der Waals surface area contributed by atoms with E-state index in [0.717, 1.165) is 55.6 Å². The number of hydrogen-bond acceptors (Lipinski definition) is 4. The van der Waals surface area contributed by atoms with Gasteiger partial charge in [-0.25, -0.2) is 14.4 Å². The zero-order chi connectivity index (χ0) is 20.6. The Bertz CT molecular complexity index is 806. The number of aromatic nitrogens is 1. The van der Waals surface area contributed by atoms with Crippen LogP contribution in [0.5, 0.6) is 0 Å². The maximum absolute atomic E-state index is 13.2. The molecule has 3 rings (SSSR count). The molecule has 1 saturated heterocycles. The number of aliphatic imine (C=N–C) groups is 1. The lowest BCUT2D eigenvalue weighted by Gasteiger charge is -2.34. The second-order valence-corrected chi connectivity index (χ2v) is 7.43. The van der Waals surface area contributed by atoms with Crippen molar-refractivity contribution in [2.24, 2.45) is 4.99 Å². The highest BCUT2D eigenvalue weighted by Crippen LogP contribution is 2.19. The van der Waals surface area contributed by atoms with E-state index in [1.807, 2.05) is 31.4 Å². The van der Waals surface area contributed by atoms with Crippen molar-refractivity contribution in [1.82, 2.24) is 20.1 Å². The van der Waals surface area contributed by atoms with Gasteiger partial charge in [-0.2, -0.15) is 0 Å². The third kappa shape index (κ3) is 6.80. The highest BCUT2D eigenvalue weighted by Gasteiger charge is 2.18. The summed E-state index contributed by atoms with van der Waals surface area (Å²) >= 11 is 0. The predicted octanol–water partition coefficient (Wildman–Crippen LogP) is 3.19. The monoisotopic (exact) mass is 526 g/mol. The van der Waals surface area contributed by atoms with Gasteiger partial charge in [-0.1, -0.05) is 18.2 Å². The smallest absolute Gasteiger partial charge is 0.194 e. The van der Waals surface area contributed by atoms with Gasteiger partial charge < -0.3 is 20.0 Å². The van der Waals surface area contributed by atoms with E-state index < -0.39 is 0 Å². The summed E-state index contributed by atoms with van der Waals surface area (Å²) < 4.78 is 13.2. The van der Waals surface area contributed by atoms with Crippen molar-refractivity contribution in [2.45, 2.75) is 20.0 Å². The molecule has 0 radical (unpaired) electrons. The van der Waals surface area contributed by atoms with E-state index in [2.05, 4.69) is 45.0 Å². The molecule has 2 aromatic rings. The second kappa shape index (κ2) is 12.0. The molecule has 8 heteroatoms. The summed E-state index contributed by atoms with van der Waals surface area (Å²) in [4.78, 5) is 16.2. The van der Waals surface area contributed by atoms with E-state index in [1.54, 1.807) is 0 Å². The lowest BCUT2D eigenvalue weighted by molar-refractivity contribution is 0.312. The standard InChI is InChI=1S/C22H31FN6.HI/c1-4-24-22(28(3)17-18-7-9-20(23)10-8-18)26-16-19-6-5-11-25-21(19)29-14-12-27(2)13-15-29;/h5-11H,4,12-17H2,1-3H3,(H,24,26);1H. The Morgan fingerprint density at radius 1 is 1.17 bits per heavy atom. The molecule has 0 saturated carbocycles. The summed E-state index contributed by atoms with van der Waals surface area (Å²) in [6, 6.07) is 10.7. The molecule has 0 unspecified atom stereocenters. The Morgan fingerprint density at radius 2 is 1.87 bits per heavy atom. The Morgan fingerprint density at radius 3 is 2.53 bits per heavy atom. The van der Waals surface area contributed by atoms with Gasteiger partial charge in [0.2, 0.25) is 0 Å². The fraction of sp³-hybridized carbons (Fsp3) is 0.455. The molecule has 1 fully saturated rings. The Balaban J connectivity index is 0.00000320. The minimum Gasteiger partial charge on any atom is -0.357 e. The summed E-state index contributed by atoms with van der Waals surface area (Å²) in [5.41, 5.74) is 2.17. The molecule has 0 atom stereocenters. The van der Waals surface area contributed by atoms with Crippen LogP contribution in [0, 0.1) is 5.82 Å². The zero-order valence-corrected chi connectivity index (χ0v) is 20.3. The lowest BCUT2D eigenvalue weighted by Crippen LogP contribution is -2.45. The van der Waals surface area contributed by atoms with E-state index in [9.17, 15) is 4.39 Å². The van der Waals surface area contributed by atoms with E-state index in [4.69, 9.17) is 4.99 Å². The van der Waals surface area contributed by atoms with Crippen molar-refractivity contribution >= 4 is 35.8 Å². The predicted molar refractivity (Wildman–Crippen MR) is 132 cm³/mol. The van der Waals surface area contributed by atoms with Crippen molar-refractivity contribution in [3.63, 3.8) is 0 Å². The van der Waals surface area contributed by atoms with Crippen molar-refractivity contribution in [2.75, 3.05) is 51.7 Å². The fourth-order valence-electron chi connectivity index (χ4n) is 3.42. The van der Waals surface area contributed by atoms with Crippen LogP contribution in [0.4, 0.5) is 10.2 Å². The molecule has 30 heavy (non-hydrogen) atoms. The number of benzene rings is 1. The Labute approximate surface area is 196 Å².